The molecule has 1 aliphatic carbocycles. The molecule has 1 fully saturated rings. The van der Waals surface area contributed by atoms with Gasteiger partial charge in [0.2, 0.25) is 0 Å². The summed E-state index contributed by atoms with van der Waals surface area (Å²) in [6.07, 6.45) is 2.35. The zero-order chi connectivity index (χ0) is 12.4. The fourth-order valence-corrected chi connectivity index (χ4v) is 1.71. The van der Waals surface area contributed by atoms with Crippen molar-refractivity contribution in [2.24, 2.45) is 5.92 Å². The van der Waals surface area contributed by atoms with E-state index in [0.717, 1.165) is 12.6 Å². The standard InChI is InChI=1S/C13H15F2NO/c1-8-2-5-10(14)12(13(8)15)11(17)7-16-6-9-3-4-9/h2,5,9,16H,3-4,6-7H2,1H3. The summed E-state index contributed by atoms with van der Waals surface area (Å²) in [6.45, 7) is 2.26. The number of hydrogen-bond donors (Lipinski definition) is 1. The highest BCUT2D eigenvalue weighted by Crippen LogP contribution is 2.27. The van der Waals surface area contributed by atoms with E-state index >= 15 is 0 Å². The number of Topliss-reactive ketones (excluding diaryl/α,β-unsaturated/α-hetero) is 1. The van der Waals surface area contributed by atoms with Crippen LogP contribution in [0.2, 0.25) is 0 Å². The quantitative estimate of drug-likeness (QED) is 0.800. The summed E-state index contributed by atoms with van der Waals surface area (Å²) in [6, 6.07) is 2.46. The van der Waals surface area contributed by atoms with Crippen LogP contribution in [0, 0.1) is 24.5 Å². The Morgan fingerprint density at radius 1 is 1.41 bits per heavy atom. The molecule has 0 amide bonds. The maximum Gasteiger partial charge on any atom is 0.182 e. The van der Waals surface area contributed by atoms with Crippen molar-refractivity contribution < 1.29 is 13.6 Å². The smallest absolute Gasteiger partial charge is 0.182 e. The first-order valence-electron chi connectivity index (χ1n) is 5.78. The number of ketones is 1. The Bertz CT molecular complexity index is 441. The molecule has 0 spiro atoms. The van der Waals surface area contributed by atoms with Crippen LogP contribution in [0.4, 0.5) is 8.78 Å². The zero-order valence-electron chi connectivity index (χ0n) is 9.72. The molecule has 0 aromatic heterocycles. The fraction of sp³-hybridized carbons (Fsp3) is 0.462. The predicted molar refractivity (Wildman–Crippen MR) is 61.0 cm³/mol. The van der Waals surface area contributed by atoms with Gasteiger partial charge in [-0.1, -0.05) is 6.07 Å². The number of carbonyl (C=O) groups is 1. The van der Waals surface area contributed by atoms with Crippen LogP contribution < -0.4 is 5.32 Å². The van der Waals surface area contributed by atoms with E-state index in [1.165, 1.54) is 25.8 Å². The first-order valence-corrected chi connectivity index (χ1v) is 5.78. The van der Waals surface area contributed by atoms with Crippen LogP contribution in [-0.4, -0.2) is 18.9 Å². The fourth-order valence-electron chi connectivity index (χ4n) is 1.71. The van der Waals surface area contributed by atoms with Crippen LogP contribution in [-0.2, 0) is 0 Å². The van der Waals surface area contributed by atoms with Crippen molar-refractivity contribution in [3.8, 4) is 0 Å². The predicted octanol–water partition coefficient (Wildman–Crippen LogP) is 2.46. The second kappa shape index (κ2) is 4.92. The average molecular weight is 239 g/mol. The average Bonchev–Trinajstić information content (AvgIpc) is 3.08. The van der Waals surface area contributed by atoms with Crippen molar-refractivity contribution >= 4 is 5.78 Å². The van der Waals surface area contributed by atoms with Gasteiger partial charge < -0.3 is 5.32 Å². The molecule has 4 heteroatoms. The van der Waals surface area contributed by atoms with Gasteiger partial charge in [0, 0.05) is 0 Å². The highest BCUT2D eigenvalue weighted by molar-refractivity contribution is 5.98. The van der Waals surface area contributed by atoms with Crippen molar-refractivity contribution in [2.45, 2.75) is 19.8 Å². The van der Waals surface area contributed by atoms with Crippen LogP contribution in [0.25, 0.3) is 0 Å². The third-order valence-corrected chi connectivity index (χ3v) is 2.98. The molecular formula is C13H15F2NO. The molecule has 1 aromatic rings. The Labute approximate surface area is 99.0 Å². The van der Waals surface area contributed by atoms with Crippen molar-refractivity contribution in [3.63, 3.8) is 0 Å². The van der Waals surface area contributed by atoms with Gasteiger partial charge >= 0.3 is 0 Å². The third kappa shape index (κ3) is 2.88. The number of hydrogen-bond acceptors (Lipinski definition) is 2. The molecule has 1 aliphatic rings. The molecule has 1 N–H and O–H groups in total. The highest BCUT2D eigenvalue weighted by atomic mass is 19.1. The summed E-state index contributed by atoms with van der Waals surface area (Å²) >= 11 is 0. The van der Waals surface area contributed by atoms with Gasteiger partial charge in [0.05, 0.1) is 12.1 Å². The van der Waals surface area contributed by atoms with Crippen molar-refractivity contribution in [2.75, 3.05) is 13.1 Å². The summed E-state index contributed by atoms with van der Waals surface area (Å²) in [5.41, 5.74) is -0.134. The van der Waals surface area contributed by atoms with Crippen LogP contribution in [0.15, 0.2) is 12.1 Å². The number of halogens is 2. The molecule has 1 aromatic carbocycles. The Morgan fingerprint density at radius 2 is 2.12 bits per heavy atom. The van der Waals surface area contributed by atoms with E-state index in [4.69, 9.17) is 0 Å². The van der Waals surface area contributed by atoms with E-state index in [1.807, 2.05) is 0 Å². The molecule has 2 rings (SSSR count). The molecule has 17 heavy (non-hydrogen) atoms. The van der Waals surface area contributed by atoms with E-state index in [9.17, 15) is 13.6 Å². The Morgan fingerprint density at radius 3 is 2.76 bits per heavy atom. The van der Waals surface area contributed by atoms with Gasteiger partial charge in [-0.3, -0.25) is 4.79 Å². The topological polar surface area (TPSA) is 29.1 Å². The van der Waals surface area contributed by atoms with Gasteiger partial charge in [0.15, 0.2) is 5.78 Å². The van der Waals surface area contributed by atoms with Crippen LogP contribution in [0.5, 0.6) is 0 Å². The number of rotatable bonds is 5. The van der Waals surface area contributed by atoms with E-state index in [-0.39, 0.29) is 12.1 Å². The minimum absolute atomic E-state index is 0.00616. The zero-order valence-corrected chi connectivity index (χ0v) is 9.72. The molecule has 2 nitrogen and oxygen atoms in total. The summed E-state index contributed by atoms with van der Waals surface area (Å²) < 4.78 is 27.0. The van der Waals surface area contributed by atoms with E-state index < -0.39 is 23.0 Å². The summed E-state index contributed by atoms with van der Waals surface area (Å²) in [4.78, 5) is 11.7. The maximum absolute atomic E-state index is 13.6. The van der Waals surface area contributed by atoms with Gasteiger partial charge in [0.25, 0.3) is 0 Å². The van der Waals surface area contributed by atoms with Crippen molar-refractivity contribution in [1.82, 2.24) is 5.32 Å². The first kappa shape index (κ1) is 12.2. The van der Waals surface area contributed by atoms with Gasteiger partial charge in [-0.2, -0.15) is 0 Å². The molecule has 0 heterocycles. The minimum Gasteiger partial charge on any atom is -0.309 e. The molecule has 0 atom stereocenters. The number of nitrogens with one attached hydrogen (secondary N) is 1. The second-order valence-corrected chi connectivity index (χ2v) is 4.55. The summed E-state index contributed by atoms with van der Waals surface area (Å²) in [5.74, 6) is -1.42. The molecule has 92 valence electrons. The summed E-state index contributed by atoms with van der Waals surface area (Å²) in [5, 5.41) is 2.94. The first-order chi connectivity index (χ1) is 8.09. The summed E-state index contributed by atoms with van der Waals surface area (Å²) in [7, 11) is 0. The van der Waals surface area contributed by atoms with Gasteiger partial charge in [0.1, 0.15) is 11.6 Å². The molecule has 0 unspecified atom stereocenters. The lowest BCUT2D eigenvalue weighted by Gasteiger charge is -2.07. The van der Waals surface area contributed by atoms with Gasteiger partial charge in [-0.15, -0.1) is 0 Å². The Hall–Kier alpha value is -1.29. The third-order valence-electron chi connectivity index (χ3n) is 2.98. The normalized spacial score (nSPS) is 15.0. The number of aryl methyl sites for hydroxylation is 1. The number of benzene rings is 1. The minimum atomic E-state index is -0.786. The molecular weight excluding hydrogens is 224 g/mol. The monoisotopic (exact) mass is 239 g/mol. The van der Waals surface area contributed by atoms with Crippen LogP contribution in [0.1, 0.15) is 28.8 Å². The van der Waals surface area contributed by atoms with Crippen LogP contribution in [0.3, 0.4) is 0 Å². The SMILES string of the molecule is Cc1ccc(F)c(C(=O)CNCC2CC2)c1F. The molecule has 0 bridgehead atoms. The van der Waals surface area contributed by atoms with Crippen molar-refractivity contribution in [3.05, 3.63) is 34.9 Å². The largest absolute Gasteiger partial charge is 0.309 e. The van der Waals surface area contributed by atoms with Gasteiger partial charge in [-0.05, 0) is 43.9 Å². The lowest BCUT2D eigenvalue weighted by Crippen LogP contribution is -2.26. The Balaban J connectivity index is 2.04. The van der Waals surface area contributed by atoms with Gasteiger partial charge in [-0.25, -0.2) is 8.78 Å². The molecule has 0 radical (unpaired) electrons. The highest BCUT2D eigenvalue weighted by Gasteiger charge is 2.22. The van der Waals surface area contributed by atoms with E-state index in [1.54, 1.807) is 0 Å². The van der Waals surface area contributed by atoms with Crippen molar-refractivity contribution in [1.29, 1.82) is 0 Å². The number of carbonyl (C=O) groups excluding carboxylic acids is 1. The molecule has 1 saturated carbocycles. The molecule has 0 saturated heterocycles. The second-order valence-electron chi connectivity index (χ2n) is 4.55. The lowest BCUT2D eigenvalue weighted by molar-refractivity contribution is 0.0982. The van der Waals surface area contributed by atoms with E-state index in [0.29, 0.717) is 5.92 Å². The maximum atomic E-state index is 13.6. The van der Waals surface area contributed by atoms with E-state index in [2.05, 4.69) is 5.32 Å². The van der Waals surface area contributed by atoms with Crippen LogP contribution >= 0.6 is 0 Å². The molecule has 0 aliphatic heterocycles. The lowest BCUT2D eigenvalue weighted by atomic mass is 10.1. The Kier molecular flexibility index (Phi) is 3.52.